The Morgan fingerprint density at radius 1 is 1.04 bits per heavy atom. The maximum atomic E-state index is 11.7. The first-order chi connectivity index (χ1) is 11.0. The lowest BCUT2D eigenvalue weighted by Crippen LogP contribution is -2.21. The van der Waals surface area contributed by atoms with Gasteiger partial charge in [-0.05, 0) is 42.5 Å². The number of rotatable bonds is 6. The van der Waals surface area contributed by atoms with Crippen molar-refractivity contribution in [3.05, 3.63) is 58.6 Å². The van der Waals surface area contributed by atoms with Crippen molar-refractivity contribution in [1.29, 1.82) is 0 Å². The second kappa shape index (κ2) is 8.82. The van der Waals surface area contributed by atoms with Gasteiger partial charge in [-0.15, -0.1) is 11.8 Å². The highest BCUT2D eigenvalue weighted by Gasteiger charge is 2.09. The molecular weight excluding hydrogens is 357 g/mol. The number of amides is 1. The molecule has 0 aliphatic heterocycles. The summed E-state index contributed by atoms with van der Waals surface area (Å²) in [6.45, 7) is -0.341. The maximum Gasteiger partial charge on any atom is 0.316 e. The molecule has 7 heteroatoms. The molecule has 2 aromatic rings. The van der Waals surface area contributed by atoms with Crippen molar-refractivity contribution in [3.8, 4) is 0 Å². The second-order valence-corrected chi connectivity index (χ2v) is 6.38. The van der Waals surface area contributed by atoms with Gasteiger partial charge in [0, 0.05) is 20.6 Å². The van der Waals surface area contributed by atoms with Crippen LogP contribution in [0.5, 0.6) is 0 Å². The van der Waals surface area contributed by atoms with Crippen LogP contribution in [0.25, 0.3) is 0 Å². The number of thioether (sulfide) groups is 1. The van der Waals surface area contributed by atoms with E-state index >= 15 is 0 Å². The number of hydrogen-bond donors (Lipinski definition) is 1. The van der Waals surface area contributed by atoms with Crippen LogP contribution < -0.4 is 5.32 Å². The minimum atomic E-state index is -0.466. The van der Waals surface area contributed by atoms with Crippen molar-refractivity contribution in [1.82, 2.24) is 0 Å². The van der Waals surface area contributed by atoms with Crippen LogP contribution in [0, 0.1) is 0 Å². The Hall–Kier alpha value is -1.69. The third-order valence-electron chi connectivity index (χ3n) is 2.64. The number of esters is 1. The van der Waals surface area contributed by atoms with Crippen molar-refractivity contribution in [2.24, 2.45) is 0 Å². The summed E-state index contributed by atoms with van der Waals surface area (Å²) in [4.78, 5) is 24.2. The van der Waals surface area contributed by atoms with Crippen molar-refractivity contribution in [2.45, 2.75) is 4.90 Å². The van der Waals surface area contributed by atoms with Crippen LogP contribution in [0.15, 0.2) is 53.4 Å². The highest BCUT2D eigenvalue weighted by Crippen LogP contribution is 2.20. The molecule has 0 atom stereocenters. The van der Waals surface area contributed by atoms with Crippen LogP contribution >= 0.6 is 35.0 Å². The van der Waals surface area contributed by atoms with Crippen LogP contribution in [0.4, 0.5) is 5.69 Å². The van der Waals surface area contributed by atoms with E-state index in [0.717, 1.165) is 4.90 Å². The summed E-state index contributed by atoms with van der Waals surface area (Å²) >= 11 is 12.9. The smallest absolute Gasteiger partial charge is 0.316 e. The molecule has 1 N–H and O–H groups in total. The van der Waals surface area contributed by atoms with Crippen LogP contribution in [0.1, 0.15) is 0 Å². The highest BCUT2D eigenvalue weighted by molar-refractivity contribution is 8.00. The van der Waals surface area contributed by atoms with Crippen LogP contribution in [-0.2, 0) is 14.3 Å². The Balaban J connectivity index is 1.71. The molecule has 0 bridgehead atoms. The minimum Gasteiger partial charge on any atom is -0.455 e. The number of nitrogens with one attached hydrogen (secondary N) is 1. The van der Waals surface area contributed by atoms with Gasteiger partial charge in [-0.2, -0.15) is 0 Å². The van der Waals surface area contributed by atoms with Gasteiger partial charge in [-0.3, -0.25) is 9.59 Å². The van der Waals surface area contributed by atoms with E-state index in [0.29, 0.717) is 15.7 Å². The fraction of sp³-hybridized carbons (Fsp3) is 0.125. The Labute approximate surface area is 148 Å². The second-order valence-electron chi connectivity index (χ2n) is 4.46. The van der Waals surface area contributed by atoms with Crippen LogP contribution in [0.2, 0.25) is 10.0 Å². The van der Waals surface area contributed by atoms with Gasteiger partial charge < -0.3 is 10.1 Å². The van der Waals surface area contributed by atoms with E-state index in [2.05, 4.69) is 5.32 Å². The van der Waals surface area contributed by atoms with E-state index in [1.165, 1.54) is 11.8 Å². The average molecular weight is 370 g/mol. The Morgan fingerprint density at radius 2 is 1.78 bits per heavy atom. The molecule has 4 nitrogen and oxygen atoms in total. The fourth-order valence-corrected chi connectivity index (χ4v) is 2.64. The molecule has 0 aliphatic rings. The van der Waals surface area contributed by atoms with Crippen LogP contribution in [-0.4, -0.2) is 24.2 Å². The van der Waals surface area contributed by atoms with Gasteiger partial charge in [0.2, 0.25) is 0 Å². The van der Waals surface area contributed by atoms with Gasteiger partial charge in [-0.1, -0.05) is 29.3 Å². The molecule has 0 aromatic heterocycles. The Kier molecular flexibility index (Phi) is 6.77. The lowest BCUT2D eigenvalue weighted by Gasteiger charge is -2.07. The summed E-state index contributed by atoms with van der Waals surface area (Å²) in [5.74, 6) is -0.769. The van der Waals surface area contributed by atoms with Gasteiger partial charge in [0.05, 0.1) is 5.75 Å². The van der Waals surface area contributed by atoms with E-state index in [1.54, 1.807) is 36.4 Å². The maximum absolute atomic E-state index is 11.7. The van der Waals surface area contributed by atoms with Crippen molar-refractivity contribution in [3.63, 3.8) is 0 Å². The first-order valence-electron chi connectivity index (χ1n) is 6.62. The Bertz CT molecular complexity index is 692. The third-order valence-corrected chi connectivity index (χ3v) is 4.12. The monoisotopic (exact) mass is 369 g/mol. The molecule has 23 heavy (non-hydrogen) atoms. The third kappa shape index (κ3) is 6.52. The number of ether oxygens (including phenoxy) is 1. The molecule has 1 amide bonds. The molecule has 0 saturated heterocycles. The highest BCUT2D eigenvalue weighted by atomic mass is 35.5. The predicted octanol–water partition coefficient (Wildman–Crippen LogP) is 4.27. The molecule has 0 unspecified atom stereocenters. The summed E-state index contributed by atoms with van der Waals surface area (Å²) < 4.78 is 4.92. The van der Waals surface area contributed by atoms with E-state index in [-0.39, 0.29) is 12.4 Å². The number of benzene rings is 2. The first-order valence-corrected chi connectivity index (χ1v) is 8.36. The molecule has 0 aliphatic carbocycles. The lowest BCUT2D eigenvalue weighted by molar-refractivity contribution is -0.144. The molecule has 120 valence electrons. The minimum absolute atomic E-state index is 0.117. The molecule has 0 spiro atoms. The molecule has 0 radical (unpaired) electrons. The van der Waals surface area contributed by atoms with Gasteiger partial charge in [0.25, 0.3) is 5.91 Å². The van der Waals surface area contributed by atoms with E-state index in [9.17, 15) is 9.59 Å². The summed E-state index contributed by atoms with van der Waals surface area (Å²) in [6, 6.07) is 13.8. The van der Waals surface area contributed by atoms with E-state index in [4.69, 9.17) is 27.9 Å². The molecule has 2 rings (SSSR count). The standard InChI is InChI=1S/C16H13Cl2NO3S/c17-11-4-6-14(7-5-11)23-10-16(21)22-9-15(20)19-13-3-1-2-12(18)8-13/h1-8H,9-10H2,(H,19,20). The molecule has 2 aromatic carbocycles. The van der Waals surface area contributed by atoms with Crippen LogP contribution in [0.3, 0.4) is 0 Å². The molecule has 0 heterocycles. The number of hydrogen-bond acceptors (Lipinski definition) is 4. The zero-order valence-electron chi connectivity index (χ0n) is 11.9. The quantitative estimate of drug-likeness (QED) is 0.610. The van der Waals surface area contributed by atoms with Gasteiger partial charge in [0.15, 0.2) is 6.61 Å². The predicted molar refractivity (Wildman–Crippen MR) is 93.2 cm³/mol. The topological polar surface area (TPSA) is 55.4 Å². The largest absolute Gasteiger partial charge is 0.455 e. The number of anilines is 1. The SMILES string of the molecule is O=C(COC(=O)CSc1ccc(Cl)cc1)Nc1cccc(Cl)c1. The summed E-state index contributed by atoms with van der Waals surface area (Å²) in [5, 5.41) is 3.74. The number of halogens is 2. The Morgan fingerprint density at radius 3 is 2.48 bits per heavy atom. The van der Waals surface area contributed by atoms with E-state index in [1.807, 2.05) is 12.1 Å². The van der Waals surface area contributed by atoms with Gasteiger partial charge in [0.1, 0.15) is 0 Å². The first kappa shape index (κ1) is 17.7. The lowest BCUT2D eigenvalue weighted by atomic mass is 10.3. The van der Waals surface area contributed by atoms with E-state index < -0.39 is 11.9 Å². The summed E-state index contributed by atoms with van der Waals surface area (Å²) in [7, 11) is 0. The summed E-state index contributed by atoms with van der Waals surface area (Å²) in [6.07, 6.45) is 0. The summed E-state index contributed by atoms with van der Waals surface area (Å²) in [5.41, 5.74) is 0.550. The molecule has 0 fully saturated rings. The van der Waals surface area contributed by atoms with Crippen molar-refractivity contribution >= 4 is 52.5 Å². The zero-order chi connectivity index (χ0) is 16.7. The van der Waals surface area contributed by atoms with Gasteiger partial charge >= 0.3 is 5.97 Å². The fourth-order valence-electron chi connectivity index (χ4n) is 1.62. The van der Waals surface area contributed by atoms with Gasteiger partial charge in [-0.25, -0.2) is 0 Å². The molecule has 0 saturated carbocycles. The average Bonchev–Trinajstić information content (AvgIpc) is 2.52. The molecular formula is C16H13Cl2NO3S. The van der Waals surface area contributed by atoms with Crippen molar-refractivity contribution < 1.29 is 14.3 Å². The zero-order valence-corrected chi connectivity index (χ0v) is 14.3. The number of carbonyl (C=O) groups is 2. The van der Waals surface area contributed by atoms with Crippen molar-refractivity contribution in [2.75, 3.05) is 17.7 Å². The normalized spacial score (nSPS) is 10.2. The number of carbonyl (C=O) groups excluding carboxylic acids is 2.